The SMILES string of the molecule is COc1ccc([N+](=O)[O-])cc1CNC(=O)C1CC12CCNCC2.Cl. The van der Waals surface area contributed by atoms with E-state index < -0.39 is 4.92 Å². The number of carbonyl (C=O) groups excluding carboxylic acids is 1. The number of nitrogens with one attached hydrogen (secondary N) is 2. The summed E-state index contributed by atoms with van der Waals surface area (Å²) < 4.78 is 5.22. The molecular weight excluding hydrogens is 334 g/mol. The summed E-state index contributed by atoms with van der Waals surface area (Å²) in [6, 6.07) is 4.41. The summed E-state index contributed by atoms with van der Waals surface area (Å²) in [6.07, 6.45) is 3.04. The maximum Gasteiger partial charge on any atom is 0.270 e. The maximum atomic E-state index is 12.4. The summed E-state index contributed by atoms with van der Waals surface area (Å²) in [5, 5.41) is 17.1. The lowest BCUT2D eigenvalue weighted by Crippen LogP contribution is -2.33. The van der Waals surface area contributed by atoms with E-state index in [1.807, 2.05) is 0 Å². The second-order valence-corrected chi connectivity index (χ2v) is 6.34. The Bertz CT molecular complexity index is 632. The number of carbonyl (C=O) groups is 1. The van der Waals surface area contributed by atoms with Gasteiger partial charge in [0.2, 0.25) is 5.91 Å². The molecule has 1 amide bonds. The van der Waals surface area contributed by atoms with E-state index in [0.29, 0.717) is 11.3 Å². The van der Waals surface area contributed by atoms with Crippen molar-refractivity contribution in [1.29, 1.82) is 0 Å². The molecule has 1 spiro atoms. The Labute approximate surface area is 146 Å². The third-order valence-corrected chi connectivity index (χ3v) is 5.03. The number of ether oxygens (including phenoxy) is 1. The van der Waals surface area contributed by atoms with Gasteiger partial charge in [-0.1, -0.05) is 0 Å². The fourth-order valence-electron chi connectivity index (χ4n) is 3.52. The van der Waals surface area contributed by atoms with Crippen LogP contribution in [0.25, 0.3) is 0 Å². The highest BCUT2D eigenvalue weighted by atomic mass is 35.5. The lowest BCUT2D eigenvalue weighted by Gasteiger charge is -2.23. The van der Waals surface area contributed by atoms with E-state index >= 15 is 0 Å². The van der Waals surface area contributed by atoms with Gasteiger partial charge in [-0.2, -0.15) is 0 Å². The quantitative estimate of drug-likeness (QED) is 0.622. The van der Waals surface area contributed by atoms with Gasteiger partial charge >= 0.3 is 0 Å². The largest absolute Gasteiger partial charge is 0.496 e. The predicted molar refractivity (Wildman–Crippen MR) is 91.4 cm³/mol. The van der Waals surface area contributed by atoms with Gasteiger partial charge in [0.15, 0.2) is 0 Å². The molecule has 1 atom stereocenters. The van der Waals surface area contributed by atoms with E-state index in [9.17, 15) is 14.9 Å². The van der Waals surface area contributed by atoms with E-state index in [2.05, 4.69) is 10.6 Å². The molecule has 1 saturated heterocycles. The second-order valence-electron chi connectivity index (χ2n) is 6.34. The molecule has 3 rings (SSSR count). The number of benzene rings is 1. The summed E-state index contributed by atoms with van der Waals surface area (Å²) in [6.45, 7) is 2.19. The van der Waals surface area contributed by atoms with Crippen molar-refractivity contribution in [3.63, 3.8) is 0 Å². The minimum atomic E-state index is -0.449. The number of hydrogen-bond donors (Lipinski definition) is 2. The zero-order valence-corrected chi connectivity index (χ0v) is 14.4. The molecule has 132 valence electrons. The number of halogens is 1. The molecule has 2 aliphatic rings. The first-order valence-electron chi connectivity index (χ1n) is 7.85. The fraction of sp³-hybridized carbons (Fsp3) is 0.562. The number of methoxy groups -OCH3 is 1. The van der Waals surface area contributed by atoms with Crippen LogP contribution in [-0.4, -0.2) is 31.0 Å². The first kappa shape index (κ1) is 18.5. The maximum absolute atomic E-state index is 12.4. The average molecular weight is 356 g/mol. The van der Waals surface area contributed by atoms with Crippen molar-refractivity contribution in [2.45, 2.75) is 25.8 Å². The highest BCUT2D eigenvalue weighted by Crippen LogP contribution is 2.58. The van der Waals surface area contributed by atoms with Crippen LogP contribution in [0.4, 0.5) is 5.69 Å². The molecule has 1 aliphatic carbocycles. The van der Waals surface area contributed by atoms with E-state index in [1.165, 1.54) is 19.2 Å². The van der Waals surface area contributed by atoms with Crippen molar-refractivity contribution < 1.29 is 14.5 Å². The molecule has 1 aromatic rings. The number of nitrogens with zero attached hydrogens (tertiary/aromatic N) is 1. The van der Waals surface area contributed by atoms with E-state index in [-0.39, 0.29) is 41.9 Å². The monoisotopic (exact) mass is 355 g/mol. The molecule has 0 radical (unpaired) electrons. The Balaban J connectivity index is 0.00000208. The zero-order valence-electron chi connectivity index (χ0n) is 13.5. The van der Waals surface area contributed by atoms with Gasteiger partial charge in [0.05, 0.1) is 12.0 Å². The standard InChI is InChI=1S/C16H21N3O4.ClH/c1-23-14-3-2-12(19(21)22)8-11(14)10-18-15(20)13-9-16(13)4-6-17-7-5-16;/h2-3,8,13,17H,4-7,9-10H2,1H3,(H,18,20);1H. The number of nitro benzene ring substituents is 1. The van der Waals surface area contributed by atoms with Crippen LogP contribution >= 0.6 is 12.4 Å². The predicted octanol–water partition coefficient (Wildman–Crippen LogP) is 2.03. The van der Waals surface area contributed by atoms with Crippen molar-refractivity contribution >= 4 is 24.0 Å². The van der Waals surface area contributed by atoms with E-state index in [0.717, 1.165) is 32.4 Å². The summed E-state index contributed by atoms with van der Waals surface area (Å²) in [7, 11) is 1.51. The number of piperidine rings is 1. The van der Waals surface area contributed by atoms with Gasteiger partial charge in [0.25, 0.3) is 5.69 Å². The van der Waals surface area contributed by atoms with Crippen LogP contribution in [0.3, 0.4) is 0 Å². The highest BCUT2D eigenvalue weighted by Gasteiger charge is 2.57. The number of amides is 1. The number of non-ortho nitro benzene ring substituents is 1. The topological polar surface area (TPSA) is 93.5 Å². The van der Waals surface area contributed by atoms with Gasteiger partial charge in [-0.15, -0.1) is 12.4 Å². The number of rotatable bonds is 5. The van der Waals surface area contributed by atoms with Gasteiger partial charge in [-0.05, 0) is 43.8 Å². The van der Waals surface area contributed by atoms with E-state index in [1.54, 1.807) is 6.07 Å². The van der Waals surface area contributed by atoms with Gasteiger partial charge in [0.1, 0.15) is 5.75 Å². The summed E-state index contributed by atoms with van der Waals surface area (Å²) >= 11 is 0. The molecule has 2 fully saturated rings. The smallest absolute Gasteiger partial charge is 0.270 e. The van der Waals surface area contributed by atoms with Crippen molar-refractivity contribution in [3.05, 3.63) is 33.9 Å². The third kappa shape index (κ3) is 3.62. The Morgan fingerprint density at radius 2 is 2.17 bits per heavy atom. The minimum absolute atomic E-state index is 0. The second kappa shape index (κ2) is 7.36. The van der Waals surface area contributed by atoms with Crippen molar-refractivity contribution in [1.82, 2.24) is 10.6 Å². The normalized spacial score (nSPS) is 20.8. The lowest BCUT2D eigenvalue weighted by molar-refractivity contribution is -0.384. The molecule has 1 heterocycles. The molecule has 0 bridgehead atoms. The minimum Gasteiger partial charge on any atom is -0.496 e. The van der Waals surface area contributed by atoms with Crippen LogP contribution in [0.2, 0.25) is 0 Å². The molecule has 24 heavy (non-hydrogen) atoms. The molecule has 1 unspecified atom stereocenters. The van der Waals surface area contributed by atoms with Crippen LogP contribution in [-0.2, 0) is 11.3 Å². The average Bonchev–Trinajstić information content (AvgIpc) is 3.26. The highest BCUT2D eigenvalue weighted by molar-refractivity contribution is 5.85. The molecule has 0 aromatic heterocycles. The summed E-state index contributed by atoms with van der Waals surface area (Å²) in [5.74, 6) is 0.665. The molecule has 7 nitrogen and oxygen atoms in total. The van der Waals surface area contributed by atoms with Crippen LogP contribution < -0.4 is 15.4 Å². The zero-order chi connectivity index (χ0) is 16.4. The van der Waals surface area contributed by atoms with Gasteiger partial charge in [-0.3, -0.25) is 14.9 Å². The van der Waals surface area contributed by atoms with Crippen LogP contribution in [0, 0.1) is 21.4 Å². The first-order valence-corrected chi connectivity index (χ1v) is 7.85. The van der Waals surface area contributed by atoms with Crippen molar-refractivity contribution in [2.75, 3.05) is 20.2 Å². The Hall–Kier alpha value is -1.86. The van der Waals surface area contributed by atoms with Gasteiger partial charge in [0, 0.05) is 30.2 Å². The fourth-order valence-corrected chi connectivity index (χ4v) is 3.52. The molecule has 2 N–H and O–H groups in total. The summed E-state index contributed by atoms with van der Waals surface area (Å²) in [5.41, 5.74) is 0.800. The van der Waals surface area contributed by atoms with Crippen molar-refractivity contribution in [3.8, 4) is 5.75 Å². The number of hydrogen-bond acceptors (Lipinski definition) is 5. The van der Waals surface area contributed by atoms with Crippen molar-refractivity contribution in [2.24, 2.45) is 11.3 Å². The third-order valence-electron chi connectivity index (χ3n) is 5.03. The first-order chi connectivity index (χ1) is 11.1. The Kier molecular flexibility index (Phi) is 5.66. The lowest BCUT2D eigenvalue weighted by atomic mass is 9.92. The van der Waals surface area contributed by atoms with E-state index in [4.69, 9.17) is 4.74 Å². The molecule has 1 aliphatic heterocycles. The number of nitro groups is 1. The molecular formula is C16H22ClN3O4. The Morgan fingerprint density at radius 1 is 1.46 bits per heavy atom. The van der Waals surface area contributed by atoms with Crippen LogP contribution in [0.15, 0.2) is 18.2 Å². The van der Waals surface area contributed by atoms with Crippen LogP contribution in [0.5, 0.6) is 5.75 Å². The van der Waals surface area contributed by atoms with Gasteiger partial charge in [-0.25, -0.2) is 0 Å². The summed E-state index contributed by atoms with van der Waals surface area (Å²) in [4.78, 5) is 22.8. The van der Waals surface area contributed by atoms with Crippen LogP contribution in [0.1, 0.15) is 24.8 Å². The molecule has 8 heteroatoms. The Morgan fingerprint density at radius 3 is 2.79 bits per heavy atom. The van der Waals surface area contributed by atoms with Gasteiger partial charge < -0.3 is 15.4 Å². The molecule has 1 saturated carbocycles. The molecule has 1 aromatic carbocycles.